The molecule has 0 amide bonds. The molecule has 8 heavy (non-hydrogen) atoms. The first-order valence-corrected chi connectivity index (χ1v) is 2.75. The molecule has 3 heteroatoms. The van der Waals surface area contributed by atoms with Gasteiger partial charge in [-0.1, -0.05) is 19.4 Å². The lowest BCUT2D eigenvalue weighted by molar-refractivity contribution is 0.450. The molecule has 1 heterocycles. The van der Waals surface area contributed by atoms with Gasteiger partial charge in [-0.05, 0) is 6.20 Å². The van der Waals surface area contributed by atoms with Crippen molar-refractivity contribution in [2.45, 2.75) is 0 Å². The van der Waals surface area contributed by atoms with E-state index < -0.39 is 0 Å². The molecule has 0 bridgehead atoms. The van der Waals surface area contributed by atoms with E-state index in [0.29, 0.717) is 0 Å². The van der Waals surface area contributed by atoms with Crippen LogP contribution >= 0.6 is 12.8 Å². The second-order valence-corrected chi connectivity index (χ2v) is 2.09. The fourth-order valence-corrected chi connectivity index (χ4v) is 0.748. The van der Waals surface area contributed by atoms with Crippen LogP contribution in [0.25, 0.3) is 0 Å². The van der Waals surface area contributed by atoms with Crippen LogP contribution in [0.4, 0.5) is 0 Å². The molecule has 1 aliphatic heterocycles. The summed E-state index contributed by atoms with van der Waals surface area (Å²) in [6.45, 7) is 4.39. The standard InChI is InChI=1S/C5H8N2S/c1-2-6-3-4-7(8)5-6/h2-4,8H,1,5H2. The lowest BCUT2D eigenvalue weighted by Crippen LogP contribution is -2.12. The molecule has 44 valence electrons. The summed E-state index contributed by atoms with van der Waals surface area (Å²) in [5, 5.41) is 0. The quantitative estimate of drug-likeness (QED) is 0.527. The molecule has 0 saturated carbocycles. The molecular formula is C5H8N2S. The SMILES string of the molecule is C=CN1C=CN(S)C1. The van der Waals surface area contributed by atoms with Gasteiger partial charge in [0.15, 0.2) is 0 Å². The van der Waals surface area contributed by atoms with Gasteiger partial charge in [-0.2, -0.15) is 0 Å². The summed E-state index contributed by atoms with van der Waals surface area (Å²) in [4.78, 5) is 1.94. The zero-order valence-electron chi connectivity index (χ0n) is 4.49. The van der Waals surface area contributed by atoms with E-state index in [-0.39, 0.29) is 0 Å². The van der Waals surface area contributed by atoms with Gasteiger partial charge in [0.2, 0.25) is 0 Å². The first kappa shape index (κ1) is 5.56. The Morgan fingerprint density at radius 3 is 2.62 bits per heavy atom. The van der Waals surface area contributed by atoms with Crippen LogP contribution in [0.15, 0.2) is 25.2 Å². The Kier molecular flexibility index (Phi) is 1.48. The number of nitrogens with zero attached hydrogens (tertiary/aromatic N) is 2. The Bertz CT molecular complexity index is 122. The number of thiol groups is 1. The smallest absolute Gasteiger partial charge is 0.104 e. The van der Waals surface area contributed by atoms with Crippen molar-refractivity contribution in [3.05, 3.63) is 25.2 Å². The predicted molar refractivity (Wildman–Crippen MR) is 36.9 cm³/mol. The Hall–Kier alpha value is -0.570. The molecule has 0 saturated heterocycles. The Morgan fingerprint density at radius 2 is 2.38 bits per heavy atom. The second kappa shape index (κ2) is 2.13. The van der Waals surface area contributed by atoms with Crippen molar-refractivity contribution < 1.29 is 0 Å². The van der Waals surface area contributed by atoms with Crippen LogP contribution in [0.2, 0.25) is 0 Å². The minimum atomic E-state index is 0.798. The van der Waals surface area contributed by atoms with Gasteiger partial charge in [-0.3, -0.25) is 0 Å². The Labute approximate surface area is 54.6 Å². The predicted octanol–water partition coefficient (Wildman–Crippen LogP) is 1.02. The monoisotopic (exact) mass is 128 g/mol. The van der Waals surface area contributed by atoms with Crippen LogP contribution in [0.1, 0.15) is 0 Å². The molecule has 0 aliphatic carbocycles. The maximum absolute atomic E-state index is 4.06. The summed E-state index contributed by atoms with van der Waals surface area (Å²) in [6, 6.07) is 0. The van der Waals surface area contributed by atoms with Gasteiger partial charge in [-0.15, -0.1) is 0 Å². The molecule has 0 aromatic carbocycles. The zero-order valence-corrected chi connectivity index (χ0v) is 5.38. The van der Waals surface area contributed by atoms with Crippen LogP contribution in [0.3, 0.4) is 0 Å². The van der Waals surface area contributed by atoms with Gasteiger partial charge in [0, 0.05) is 12.4 Å². The Balaban J connectivity index is 2.45. The minimum absolute atomic E-state index is 0.798. The summed E-state index contributed by atoms with van der Waals surface area (Å²) < 4.78 is 1.78. The van der Waals surface area contributed by atoms with E-state index in [1.54, 1.807) is 10.5 Å². The van der Waals surface area contributed by atoms with Crippen LogP contribution in [-0.2, 0) is 0 Å². The van der Waals surface area contributed by atoms with Gasteiger partial charge in [0.25, 0.3) is 0 Å². The maximum Gasteiger partial charge on any atom is 0.104 e. The van der Waals surface area contributed by atoms with E-state index in [1.807, 2.05) is 17.3 Å². The van der Waals surface area contributed by atoms with Gasteiger partial charge in [0.1, 0.15) is 6.67 Å². The van der Waals surface area contributed by atoms with E-state index in [1.165, 1.54) is 0 Å². The van der Waals surface area contributed by atoms with E-state index in [0.717, 1.165) is 6.67 Å². The van der Waals surface area contributed by atoms with Crippen molar-refractivity contribution >= 4 is 12.8 Å². The molecule has 0 unspecified atom stereocenters. The average Bonchev–Trinajstić information content (AvgIpc) is 2.14. The molecule has 1 rings (SSSR count). The first-order chi connectivity index (χ1) is 3.83. The summed E-state index contributed by atoms with van der Waals surface area (Å²) >= 11 is 4.06. The minimum Gasteiger partial charge on any atom is -0.335 e. The van der Waals surface area contributed by atoms with Gasteiger partial charge < -0.3 is 9.21 Å². The third kappa shape index (κ3) is 0.980. The third-order valence-corrected chi connectivity index (χ3v) is 1.23. The van der Waals surface area contributed by atoms with Crippen LogP contribution in [-0.4, -0.2) is 15.9 Å². The molecule has 0 aromatic heterocycles. The number of hydrogen-bond acceptors (Lipinski definition) is 3. The molecule has 0 aromatic rings. The molecule has 1 aliphatic rings. The molecule has 2 nitrogen and oxygen atoms in total. The first-order valence-electron chi connectivity index (χ1n) is 2.35. The van der Waals surface area contributed by atoms with Crippen molar-refractivity contribution in [3.8, 4) is 0 Å². The fourth-order valence-electron chi connectivity index (χ4n) is 0.543. The maximum atomic E-state index is 4.06. The van der Waals surface area contributed by atoms with Gasteiger partial charge in [0.05, 0.1) is 0 Å². The highest BCUT2D eigenvalue weighted by molar-refractivity contribution is 7.77. The molecule has 0 spiro atoms. The Morgan fingerprint density at radius 1 is 1.62 bits per heavy atom. The van der Waals surface area contributed by atoms with E-state index in [9.17, 15) is 0 Å². The molecule has 0 N–H and O–H groups in total. The average molecular weight is 128 g/mol. The molecular weight excluding hydrogens is 120 g/mol. The summed E-state index contributed by atoms with van der Waals surface area (Å²) in [7, 11) is 0. The zero-order chi connectivity index (χ0) is 5.98. The van der Waals surface area contributed by atoms with E-state index >= 15 is 0 Å². The topological polar surface area (TPSA) is 6.48 Å². The second-order valence-electron chi connectivity index (χ2n) is 1.58. The van der Waals surface area contributed by atoms with Gasteiger partial charge >= 0.3 is 0 Å². The van der Waals surface area contributed by atoms with Crippen molar-refractivity contribution in [3.63, 3.8) is 0 Å². The number of hydrogen-bond donors (Lipinski definition) is 1. The van der Waals surface area contributed by atoms with E-state index in [4.69, 9.17) is 0 Å². The summed E-state index contributed by atoms with van der Waals surface area (Å²) in [5.74, 6) is 0. The van der Waals surface area contributed by atoms with Crippen molar-refractivity contribution in [1.29, 1.82) is 0 Å². The van der Waals surface area contributed by atoms with Crippen LogP contribution in [0, 0.1) is 0 Å². The normalized spacial score (nSPS) is 17.6. The van der Waals surface area contributed by atoms with Crippen LogP contribution < -0.4 is 0 Å². The number of rotatable bonds is 1. The van der Waals surface area contributed by atoms with Crippen molar-refractivity contribution in [1.82, 2.24) is 9.21 Å². The largest absolute Gasteiger partial charge is 0.335 e. The molecule has 0 radical (unpaired) electrons. The van der Waals surface area contributed by atoms with Crippen LogP contribution in [0.5, 0.6) is 0 Å². The highest BCUT2D eigenvalue weighted by Gasteiger charge is 2.02. The third-order valence-electron chi connectivity index (χ3n) is 0.973. The molecule has 0 fully saturated rings. The highest BCUT2D eigenvalue weighted by Crippen LogP contribution is 2.06. The summed E-state index contributed by atoms with van der Waals surface area (Å²) in [5.41, 5.74) is 0. The lowest BCUT2D eigenvalue weighted by atomic mass is 10.8. The highest BCUT2D eigenvalue weighted by atomic mass is 32.1. The summed E-state index contributed by atoms with van der Waals surface area (Å²) in [6.07, 6.45) is 5.55. The van der Waals surface area contributed by atoms with Crippen molar-refractivity contribution in [2.75, 3.05) is 6.67 Å². The van der Waals surface area contributed by atoms with Gasteiger partial charge in [-0.25, -0.2) is 0 Å². The molecule has 0 atom stereocenters. The van der Waals surface area contributed by atoms with Crippen molar-refractivity contribution in [2.24, 2.45) is 0 Å². The fraction of sp³-hybridized carbons (Fsp3) is 0.200. The lowest BCUT2D eigenvalue weighted by Gasteiger charge is -2.10. The van der Waals surface area contributed by atoms with E-state index in [2.05, 4.69) is 19.4 Å².